The molecule has 31 heavy (non-hydrogen) atoms. The van der Waals surface area contributed by atoms with Gasteiger partial charge in [-0.25, -0.2) is 14.4 Å². The van der Waals surface area contributed by atoms with Crippen LogP contribution < -0.4 is 4.74 Å². The van der Waals surface area contributed by atoms with E-state index in [1.165, 1.54) is 11.3 Å². The van der Waals surface area contributed by atoms with E-state index in [1.54, 1.807) is 17.9 Å². The summed E-state index contributed by atoms with van der Waals surface area (Å²) >= 11 is 1.52. The molecule has 5 rings (SSSR count). The van der Waals surface area contributed by atoms with Crippen LogP contribution in [-0.2, 0) is 24.4 Å². The lowest BCUT2D eigenvalue weighted by atomic mass is 10.1. The molecular formula is C23H25FN4O2S. The van der Waals surface area contributed by atoms with Gasteiger partial charge in [-0.15, -0.1) is 11.3 Å². The number of pyridine rings is 1. The number of fused-ring (bicyclic) bond motifs is 2. The summed E-state index contributed by atoms with van der Waals surface area (Å²) in [5, 5.41) is 0.947. The number of likely N-dealkylation sites (tertiary alicyclic amines) is 1. The van der Waals surface area contributed by atoms with Gasteiger partial charge in [-0.3, -0.25) is 9.69 Å². The van der Waals surface area contributed by atoms with Gasteiger partial charge in [0.1, 0.15) is 11.9 Å². The van der Waals surface area contributed by atoms with Gasteiger partial charge in [0, 0.05) is 63.4 Å². The van der Waals surface area contributed by atoms with Crippen LogP contribution in [0.2, 0.25) is 0 Å². The zero-order chi connectivity index (χ0) is 21.7. The van der Waals surface area contributed by atoms with E-state index >= 15 is 0 Å². The second-order valence-electron chi connectivity index (χ2n) is 8.56. The van der Waals surface area contributed by atoms with E-state index in [9.17, 15) is 9.18 Å². The van der Waals surface area contributed by atoms with Crippen LogP contribution in [0.25, 0.3) is 10.2 Å². The van der Waals surface area contributed by atoms with Crippen LogP contribution in [0.15, 0.2) is 24.4 Å². The molecule has 2 aliphatic rings. The van der Waals surface area contributed by atoms with Crippen molar-refractivity contribution in [2.45, 2.75) is 59.0 Å². The Hall–Kier alpha value is -2.58. The molecule has 1 unspecified atom stereocenters. The number of hydrogen-bond donors (Lipinski definition) is 0. The number of aromatic nitrogens is 2. The second-order valence-corrected chi connectivity index (χ2v) is 9.80. The summed E-state index contributed by atoms with van der Waals surface area (Å²) in [6.07, 6.45) is 2.67. The summed E-state index contributed by atoms with van der Waals surface area (Å²) < 4.78 is 21.7. The van der Waals surface area contributed by atoms with Gasteiger partial charge in [-0.2, -0.15) is 0 Å². The lowest BCUT2D eigenvalue weighted by Crippen LogP contribution is -2.28. The number of thiazole rings is 1. The van der Waals surface area contributed by atoms with Crippen molar-refractivity contribution in [3.05, 3.63) is 51.9 Å². The summed E-state index contributed by atoms with van der Waals surface area (Å²) in [5.74, 6) is 0.481. The summed E-state index contributed by atoms with van der Waals surface area (Å²) in [7, 11) is 0. The molecule has 0 spiro atoms. The molecule has 0 N–H and O–H groups in total. The number of halogens is 1. The Bertz CT molecular complexity index is 1160. The van der Waals surface area contributed by atoms with E-state index < -0.39 is 0 Å². The molecular weight excluding hydrogens is 415 g/mol. The fourth-order valence-corrected chi connectivity index (χ4v) is 5.35. The molecule has 2 aliphatic heterocycles. The first-order valence-corrected chi connectivity index (χ1v) is 11.4. The first-order valence-electron chi connectivity index (χ1n) is 10.6. The highest BCUT2D eigenvalue weighted by molar-refractivity contribution is 7.18. The van der Waals surface area contributed by atoms with Crippen molar-refractivity contribution in [1.82, 2.24) is 19.8 Å². The number of carbonyl (C=O) groups excluding carboxylic acids is 1. The Balaban J connectivity index is 1.26. The molecule has 2 aromatic heterocycles. The first-order chi connectivity index (χ1) is 14.9. The molecule has 4 heterocycles. The second kappa shape index (κ2) is 7.84. The van der Waals surface area contributed by atoms with Gasteiger partial charge >= 0.3 is 0 Å². The van der Waals surface area contributed by atoms with Crippen molar-refractivity contribution in [2.24, 2.45) is 0 Å². The number of nitrogens with zero attached hydrogens (tertiary/aromatic N) is 4. The Morgan fingerprint density at radius 3 is 2.90 bits per heavy atom. The molecule has 1 saturated heterocycles. The summed E-state index contributed by atoms with van der Waals surface area (Å²) in [5.41, 5.74) is 3.70. The van der Waals surface area contributed by atoms with Crippen molar-refractivity contribution in [2.75, 3.05) is 6.54 Å². The van der Waals surface area contributed by atoms with Crippen LogP contribution in [0.3, 0.4) is 0 Å². The minimum Gasteiger partial charge on any atom is -0.473 e. The lowest BCUT2D eigenvalue weighted by Gasteiger charge is -2.21. The molecule has 162 valence electrons. The Morgan fingerprint density at radius 1 is 1.29 bits per heavy atom. The minimum absolute atomic E-state index is 0.000766. The van der Waals surface area contributed by atoms with Gasteiger partial charge in [0.2, 0.25) is 11.8 Å². The number of amides is 1. The van der Waals surface area contributed by atoms with Gasteiger partial charge in [-0.1, -0.05) is 0 Å². The predicted octanol–water partition coefficient (Wildman–Crippen LogP) is 4.04. The highest BCUT2D eigenvalue weighted by Crippen LogP contribution is 2.30. The molecule has 1 fully saturated rings. The monoisotopic (exact) mass is 440 g/mol. The van der Waals surface area contributed by atoms with E-state index in [0.29, 0.717) is 37.6 Å². The van der Waals surface area contributed by atoms with Crippen molar-refractivity contribution < 1.29 is 13.9 Å². The Morgan fingerprint density at radius 2 is 2.10 bits per heavy atom. The average molecular weight is 441 g/mol. The molecule has 3 aromatic rings. The van der Waals surface area contributed by atoms with E-state index in [2.05, 4.69) is 21.8 Å². The number of rotatable bonds is 4. The molecule has 0 radical (unpaired) electrons. The molecule has 1 aromatic carbocycles. The van der Waals surface area contributed by atoms with Crippen LogP contribution in [0.5, 0.6) is 5.88 Å². The topological polar surface area (TPSA) is 58.6 Å². The van der Waals surface area contributed by atoms with Gasteiger partial charge in [0.15, 0.2) is 0 Å². The normalized spacial score (nSPS) is 21.1. The Labute approximate surface area is 184 Å². The third-order valence-corrected chi connectivity index (χ3v) is 7.15. The highest BCUT2D eigenvalue weighted by Gasteiger charge is 2.32. The van der Waals surface area contributed by atoms with Crippen LogP contribution in [-0.4, -0.2) is 44.4 Å². The molecule has 2 atom stereocenters. The maximum absolute atomic E-state index is 14.7. The number of benzene rings is 1. The molecule has 1 amide bonds. The summed E-state index contributed by atoms with van der Waals surface area (Å²) in [4.78, 5) is 24.6. The zero-order valence-electron chi connectivity index (χ0n) is 17.9. The van der Waals surface area contributed by atoms with E-state index in [0.717, 1.165) is 32.8 Å². The largest absolute Gasteiger partial charge is 0.473 e. The third-order valence-electron chi connectivity index (χ3n) is 6.22. The smallest absolute Gasteiger partial charge is 0.220 e. The quantitative estimate of drug-likeness (QED) is 0.613. The van der Waals surface area contributed by atoms with Gasteiger partial charge in [-0.05, 0) is 37.1 Å². The molecule has 0 bridgehead atoms. The number of ether oxygens (including phenoxy) is 1. The Kier molecular flexibility index (Phi) is 5.14. The van der Waals surface area contributed by atoms with Crippen LogP contribution in [0.1, 0.15) is 42.0 Å². The summed E-state index contributed by atoms with van der Waals surface area (Å²) in [6, 6.07) is 5.70. The minimum atomic E-state index is -0.178. The fraction of sp³-hybridized carbons (Fsp3) is 0.435. The number of hydrogen-bond acceptors (Lipinski definition) is 6. The van der Waals surface area contributed by atoms with Gasteiger partial charge < -0.3 is 9.64 Å². The van der Waals surface area contributed by atoms with Crippen molar-refractivity contribution >= 4 is 27.5 Å². The molecule has 0 aliphatic carbocycles. The molecule has 0 saturated carbocycles. The van der Waals surface area contributed by atoms with E-state index in [-0.39, 0.29) is 23.9 Å². The maximum atomic E-state index is 14.7. The molecule has 8 heteroatoms. The van der Waals surface area contributed by atoms with Gasteiger partial charge in [0.25, 0.3) is 0 Å². The number of carbonyl (C=O) groups is 1. The SMILES string of the molecule is CC(=O)N1Cc2cnc(O[C@@H]3CC(C)N(Cc4cc5nc(C)sc5cc4F)C3)cc2C1. The zero-order valence-corrected chi connectivity index (χ0v) is 18.7. The van der Waals surface area contributed by atoms with Crippen LogP contribution in [0.4, 0.5) is 4.39 Å². The van der Waals surface area contributed by atoms with Crippen molar-refractivity contribution in [1.29, 1.82) is 0 Å². The summed E-state index contributed by atoms with van der Waals surface area (Å²) in [6.45, 7) is 8.14. The third kappa shape index (κ3) is 4.02. The molecule has 6 nitrogen and oxygen atoms in total. The highest BCUT2D eigenvalue weighted by atomic mass is 32.1. The van der Waals surface area contributed by atoms with Crippen molar-refractivity contribution in [3.63, 3.8) is 0 Å². The standard InChI is InChI=1S/C23H25FN4O2S/c1-13-4-19(30-23-6-16-9-28(15(3)29)11-18(16)8-25-23)12-27(13)10-17-5-21-22(7-20(17)24)31-14(2)26-21/h5-8,13,19H,4,9-12H2,1-3H3/t13?,19-/m1/s1. The predicted molar refractivity (Wildman–Crippen MR) is 117 cm³/mol. The van der Waals surface area contributed by atoms with E-state index in [1.807, 2.05) is 25.3 Å². The first kappa shape index (κ1) is 20.3. The van der Waals surface area contributed by atoms with Crippen LogP contribution in [0, 0.1) is 12.7 Å². The van der Waals surface area contributed by atoms with Crippen molar-refractivity contribution in [3.8, 4) is 5.88 Å². The van der Waals surface area contributed by atoms with Gasteiger partial charge in [0.05, 0.1) is 15.2 Å². The number of aryl methyl sites for hydroxylation is 1. The average Bonchev–Trinajstić information content (AvgIpc) is 3.38. The fourth-order valence-electron chi connectivity index (χ4n) is 4.52. The lowest BCUT2D eigenvalue weighted by molar-refractivity contribution is -0.129. The van der Waals surface area contributed by atoms with E-state index in [4.69, 9.17) is 4.74 Å². The van der Waals surface area contributed by atoms with Crippen LogP contribution >= 0.6 is 11.3 Å². The maximum Gasteiger partial charge on any atom is 0.220 e.